The van der Waals surface area contributed by atoms with Crippen LogP contribution in [0.5, 0.6) is 0 Å². The standard InChI is InChI=1S/C20H19N3O/c1-14-9-10-16(12-15(14)2)21-20(24)23-13-17-6-5-11-22(17)18-7-3-4-8-19(18)23/h3-12H,13H2,1-2H3,(H,21,24). The molecule has 0 atom stereocenters. The molecule has 4 heteroatoms. The van der Waals surface area contributed by atoms with Crippen LogP contribution in [0.3, 0.4) is 0 Å². The van der Waals surface area contributed by atoms with Gasteiger partial charge in [-0.15, -0.1) is 0 Å². The Kier molecular flexibility index (Phi) is 3.38. The van der Waals surface area contributed by atoms with Gasteiger partial charge in [0.2, 0.25) is 0 Å². The molecule has 0 saturated carbocycles. The average molecular weight is 317 g/mol. The Balaban J connectivity index is 1.67. The van der Waals surface area contributed by atoms with Crippen LogP contribution in [0.2, 0.25) is 0 Å². The first-order valence-electron chi connectivity index (χ1n) is 8.05. The number of nitrogens with zero attached hydrogens (tertiary/aromatic N) is 2. The molecule has 1 aliphatic heterocycles. The SMILES string of the molecule is Cc1ccc(NC(=O)N2Cc3cccn3-c3ccccc32)cc1C. The lowest BCUT2D eigenvalue weighted by atomic mass is 10.1. The van der Waals surface area contributed by atoms with E-state index in [2.05, 4.69) is 16.8 Å². The minimum absolute atomic E-state index is 0.113. The van der Waals surface area contributed by atoms with Gasteiger partial charge in [0.15, 0.2) is 0 Å². The molecule has 1 N–H and O–H groups in total. The van der Waals surface area contributed by atoms with Crippen LogP contribution in [0, 0.1) is 13.8 Å². The van der Waals surface area contributed by atoms with Gasteiger partial charge in [-0.1, -0.05) is 18.2 Å². The number of aromatic nitrogens is 1. The van der Waals surface area contributed by atoms with E-state index in [0.29, 0.717) is 6.54 Å². The molecule has 0 aliphatic carbocycles. The molecule has 0 fully saturated rings. The molecule has 0 bridgehead atoms. The summed E-state index contributed by atoms with van der Waals surface area (Å²) in [4.78, 5) is 14.7. The molecule has 2 aromatic carbocycles. The molecular weight excluding hydrogens is 298 g/mol. The van der Waals surface area contributed by atoms with Crippen molar-refractivity contribution in [2.24, 2.45) is 0 Å². The molecule has 0 radical (unpaired) electrons. The van der Waals surface area contributed by atoms with Crippen molar-refractivity contribution < 1.29 is 4.79 Å². The van der Waals surface area contributed by atoms with Crippen molar-refractivity contribution in [2.75, 3.05) is 10.2 Å². The van der Waals surface area contributed by atoms with E-state index in [0.717, 1.165) is 22.8 Å². The van der Waals surface area contributed by atoms with E-state index in [-0.39, 0.29) is 6.03 Å². The van der Waals surface area contributed by atoms with Crippen LogP contribution in [0.1, 0.15) is 16.8 Å². The number of rotatable bonds is 1. The van der Waals surface area contributed by atoms with Crippen LogP contribution in [-0.4, -0.2) is 10.6 Å². The highest BCUT2D eigenvalue weighted by atomic mass is 16.2. The van der Waals surface area contributed by atoms with Crippen molar-refractivity contribution in [1.29, 1.82) is 0 Å². The van der Waals surface area contributed by atoms with Gasteiger partial charge in [-0.25, -0.2) is 4.79 Å². The first-order valence-corrected chi connectivity index (χ1v) is 8.05. The number of carbonyl (C=O) groups excluding carboxylic acids is 1. The number of nitrogens with one attached hydrogen (secondary N) is 1. The zero-order chi connectivity index (χ0) is 16.7. The summed E-state index contributed by atoms with van der Waals surface area (Å²) in [5.74, 6) is 0. The number of aryl methyl sites for hydroxylation is 2. The molecule has 0 unspecified atom stereocenters. The average Bonchev–Trinajstić information content (AvgIpc) is 3.06. The fourth-order valence-electron chi connectivity index (χ4n) is 3.11. The molecule has 4 rings (SSSR count). The van der Waals surface area contributed by atoms with Crippen molar-refractivity contribution >= 4 is 17.4 Å². The molecule has 2 heterocycles. The monoisotopic (exact) mass is 317 g/mol. The van der Waals surface area contributed by atoms with Crippen LogP contribution >= 0.6 is 0 Å². The molecular formula is C20H19N3O. The van der Waals surface area contributed by atoms with Crippen LogP contribution in [0.25, 0.3) is 5.69 Å². The lowest BCUT2D eigenvalue weighted by Gasteiger charge is -2.31. The van der Waals surface area contributed by atoms with Crippen molar-refractivity contribution in [2.45, 2.75) is 20.4 Å². The Hall–Kier alpha value is -3.01. The molecule has 120 valence electrons. The van der Waals surface area contributed by atoms with Gasteiger partial charge >= 0.3 is 6.03 Å². The summed E-state index contributed by atoms with van der Waals surface area (Å²) >= 11 is 0. The number of hydrogen-bond acceptors (Lipinski definition) is 1. The van der Waals surface area contributed by atoms with Crippen molar-refractivity contribution in [3.63, 3.8) is 0 Å². The van der Waals surface area contributed by atoms with Crippen molar-refractivity contribution in [1.82, 2.24) is 4.57 Å². The molecule has 0 saturated heterocycles. The molecule has 4 nitrogen and oxygen atoms in total. The maximum Gasteiger partial charge on any atom is 0.326 e. The Morgan fingerprint density at radius 3 is 2.54 bits per heavy atom. The molecule has 24 heavy (non-hydrogen) atoms. The van der Waals surface area contributed by atoms with Gasteiger partial charge in [0.05, 0.1) is 17.9 Å². The van der Waals surface area contributed by atoms with Gasteiger partial charge in [0, 0.05) is 17.6 Å². The van der Waals surface area contributed by atoms with Gasteiger partial charge in [0.1, 0.15) is 0 Å². The Morgan fingerprint density at radius 1 is 0.958 bits per heavy atom. The highest BCUT2D eigenvalue weighted by Crippen LogP contribution is 2.32. The summed E-state index contributed by atoms with van der Waals surface area (Å²) < 4.78 is 2.13. The van der Waals surface area contributed by atoms with Crippen LogP contribution < -0.4 is 10.2 Å². The Morgan fingerprint density at radius 2 is 1.75 bits per heavy atom. The fraction of sp³-hybridized carbons (Fsp3) is 0.150. The van der Waals surface area contributed by atoms with Crippen LogP contribution in [0.4, 0.5) is 16.2 Å². The number of para-hydroxylation sites is 2. The largest absolute Gasteiger partial charge is 0.326 e. The fourth-order valence-corrected chi connectivity index (χ4v) is 3.11. The number of urea groups is 1. The molecule has 1 aromatic heterocycles. The van der Waals surface area contributed by atoms with Crippen molar-refractivity contribution in [3.05, 3.63) is 77.6 Å². The summed E-state index contributed by atoms with van der Waals surface area (Å²) in [6.45, 7) is 4.67. The number of carbonyl (C=O) groups is 1. The number of fused-ring (bicyclic) bond motifs is 3. The third-order valence-electron chi connectivity index (χ3n) is 4.59. The summed E-state index contributed by atoms with van der Waals surface area (Å²) in [7, 11) is 0. The van der Waals surface area contributed by atoms with Gasteiger partial charge in [-0.2, -0.15) is 0 Å². The van der Waals surface area contributed by atoms with Gasteiger partial charge in [0.25, 0.3) is 0 Å². The van der Waals surface area contributed by atoms with E-state index in [1.807, 2.05) is 67.7 Å². The summed E-state index contributed by atoms with van der Waals surface area (Å²) in [5, 5.41) is 3.02. The Bertz CT molecular complexity index is 926. The number of amides is 2. The minimum Gasteiger partial charge on any atom is -0.317 e. The Labute approximate surface area is 141 Å². The molecule has 2 amide bonds. The second kappa shape index (κ2) is 5.57. The number of hydrogen-bond donors (Lipinski definition) is 1. The number of anilines is 2. The van der Waals surface area contributed by atoms with Gasteiger partial charge < -0.3 is 9.88 Å². The summed E-state index contributed by atoms with van der Waals surface area (Å²) in [6, 6.07) is 17.9. The first-order chi connectivity index (χ1) is 11.6. The first kappa shape index (κ1) is 14.6. The van der Waals surface area contributed by atoms with Crippen LogP contribution in [0.15, 0.2) is 60.8 Å². The quantitative estimate of drug-likeness (QED) is 0.697. The summed E-state index contributed by atoms with van der Waals surface area (Å²) in [6.07, 6.45) is 2.03. The molecule has 0 spiro atoms. The van der Waals surface area contributed by atoms with E-state index in [1.54, 1.807) is 4.90 Å². The zero-order valence-electron chi connectivity index (χ0n) is 13.8. The normalized spacial score (nSPS) is 12.5. The lowest BCUT2D eigenvalue weighted by molar-refractivity contribution is 0.256. The third-order valence-corrected chi connectivity index (χ3v) is 4.59. The van der Waals surface area contributed by atoms with Crippen LogP contribution in [-0.2, 0) is 6.54 Å². The van der Waals surface area contributed by atoms with Gasteiger partial charge in [-0.3, -0.25) is 4.90 Å². The maximum atomic E-state index is 12.9. The van der Waals surface area contributed by atoms with E-state index in [4.69, 9.17) is 0 Å². The minimum atomic E-state index is -0.113. The third kappa shape index (κ3) is 2.36. The van der Waals surface area contributed by atoms with Crippen molar-refractivity contribution in [3.8, 4) is 5.69 Å². The highest BCUT2D eigenvalue weighted by molar-refractivity contribution is 6.03. The van der Waals surface area contributed by atoms with Gasteiger partial charge in [-0.05, 0) is 61.4 Å². The molecule has 3 aromatic rings. The second-order valence-electron chi connectivity index (χ2n) is 6.17. The predicted octanol–water partition coefficient (Wildman–Crippen LogP) is 4.65. The maximum absolute atomic E-state index is 12.9. The molecule has 1 aliphatic rings. The summed E-state index contributed by atoms with van der Waals surface area (Å²) in [5.41, 5.74) is 6.25. The smallest absolute Gasteiger partial charge is 0.317 e. The lowest BCUT2D eigenvalue weighted by Crippen LogP contribution is -2.38. The van der Waals surface area contributed by atoms with E-state index in [1.165, 1.54) is 11.1 Å². The topological polar surface area (TPSA) is 37.3 Å². The highest BCUT2D eigenvalue weighted by Gasteiger charge is 2.25. The second-order valence-corrected chi connectivity index (χ2v) is 6.17. The van der Waals surface area contributed by atoms with E-state index >= 15 is 0 Å². The predicted molar refractivity (Wildman–Crippen MR) is 96.9 cm³/mol. The van der Waals surface area contributed by atoms with E-state index in [9.17, 15) is 4.79 Å². The van der Waals surface area contributed by atoms with E-state index < -0.39 is 0 Å². The number of benzene rings is 2. The zero-order valence-corrected chi connectivity index (χ0v) is 13.8.